The number of aryl methyl sites for hydroxylation is 1. The third kappa shape index (κ3) is 3.39. The van der Waals surface area contributed by atoms with Crippen LogP contribution in [0.2, 0.25) is 0 Å². The molecule has 4 nitrogen and oxygen atoms in total. The number of rotatable bonds is 5. The van der Waals surface area contributed by atoms with Gasteiger partial charge in [0, 0.05) is 19.0 Å². The van der Waals surface area contributed by atoms with Gasteiger partial charge in [-0.15, -0.1) is 11.3 Å². The standard InChI is InChI=1S/C15H21NO3S/c1-2-11-8-10-20-14(11)15(19)16-9-4-3-5-12(16)6-7-13(17)18/h8,10,12H,2-7,9H2,1H3,(H,17,18)/t12-/m0/s1. The largest absolute Gasteiger partial charge is 0.481 e. The summed E-state index contributed by atoms with van der Waals surface area (Å²) < 4.78 is 0. The fourth-order valence-electron chi connectivity index (χ4n) is 2.79. The quantitative estimate of drug-likeness (QED) is 0.907. The second-order valence-electron chi connectivity index (χ2n) is 5.21. The Kier molecular flexibility index (Phi) is 5.17. The molecule has 1 aromatic heterocycles. The van der Waals surface area contributed by atoms with Crippen molar-refractivity contribution in [3.63, 3.8) is 0 Å². The number of carbonyl (C=O) groups excluding carboxylic acids is 1. The normalized spacial score (nSPS) is 19.1. The lowest BCUT2D eigenvalue weighted by molar-refractivity contribution is -0.137. The van der Waals surface area contributed by atoms with Crippen LogP contribution in [0.4, 0.5) is 0 Å². The highest BCUT2D eigenvalue weighted by atomic mass is 32.1. The van der Waals surface area contributed by atoms with Gasteiger partial charge in [-0.2, -0.15) is 0 Å². The minimum absolute atomic E-state index is 0.0826. The van der Waals surface area contributed by atoms with Crippen molar-refractivity contribution < 1.29 is 14.7 Å². The molecule has 1 aliphatic rings. The van der Waals surface area contributed by atoms with E-state index in [1.165, 1.54) is 11.3 Å². The van der Waals surface area contributed by atoms with Crippen molar-refractivity contribution in [1.29, 1.82) is 0 Å². The minimum atomic E-state index is -0.784. The van der Waals surface area contributed by atoms with E-state index in [0.29, 0.717) is 6.42 Å². The van der Waals surface area contributed by atoms with Crippen LogP contribution < -0.4 is 0 Å². The van der Waals surface area contributed by atoms with Crippen LogP contribution in [0.1, 0.15) is 54.3 Å². The number of nitrogens with zero attached hydrogens (tertiary/aromatic N) is 1. The van der Waals surface area contributed by atoms with E-state index >= 15 is 0 Å². The van der Waals surface area contributed by atoms with E-state index in [2.05, 4.69) is 6.92 Å². The van der Waals surface area contributed by atoms with E-state index in [0.717, 1.165) is 42.7 Å². The minimum Gasteiger partial charge on any atom is -0.481 e. The molecule has 20 heavy (non-hydrogen) atoms. The Balaban J connectivity index is 2.11. The van der Waals surface area contributed by atoms with E-state index < -0.39 is 5.97 Å². The number of thiophene rings is 1. The lowest BCUT2D eigenvalue weighted by atomic mass is 9.97. The highest BCUT2D eigenvalue weighted by Gasteiger charge is 2.29. The van der Waals surface area contributed by atoms with Crippen molar-refractivity contribution in [2.45, 2.75) is 51.5 Å². The highest BCUT2D eigenvalue weighted by Crippen LogP contribution is 2.26. The Morgan fingerprint density at radius 2 is 2.25 bits per heavy atom. The zero-order chi connectivity index (χ0) is 14.5. The predicted octanol–water partition coefficient (Wildman–Crippen LogP) is 3.17. The van der Waals surface area contributed by atoms with Crippen LogP contribution in [0.5, 0.6) is 0 Å². The van der Waals surface area contributed by atoms with Crippen LogP contribution in [0.3, 0.4) is 0 Å². The molecule has 0 unspecified atom stereocenters. The van der Waals surface area contributed by atoms with Crippen LogP contribution >= 0.6 is 11.3 Å². The van der Waals surface area contributed by atoms with Crippen molar-refractivity contribution in [1.82, 2.24) is 4.90 Å². The number of likely N-dealkylation sites (tertiary alicyclic amines) is 1. The maximum Gasteiger partial charge on any atom is 0.303 e. The third-order valence-electron chi connectivity index (χ3n) is 3.90. The first-order valence-electron chi connectivity index (χ1n) is 7.22. The van der Waals surface area contributed by atoms with E-state index in [4.69, 9.17) is 5.11 Å². The van der Waals surface area contributed by atoms with E-state index in [9.17, 15) is 9.59 Å². The van der Waals surface area contributed by atoms with Gasteiger partial charge in [-0.1, -0.05) is 6.92 Å². The second kappa shape index (κ2) is 6.88. The molecule has 110 valence electrons. The fraction of sp³-hybridized carbons (Fsp3) is 0.600. The molecule has 0 spiro atoms. The molecule has 1 atom stereocenters. The molecule has 0 aromatic carbocycles. The maximum atomic E-state index is 12.7. The lowest BCUT2D eigenvalue weighted by Gasteiger charge is -2.35. The zero-order valence-corrected chi connectivity index (χ0v) is 12.6. The number of hydrogen-bond acceptors (Lipinski definition) is 3. The molecule has 1 aromatic rings. The summed E-state index contributed by atoms with van der Waals surface area (Å²) in [7, 11) is 0. The average Bonchev–Trinajstić information content (AvgIpc) is 2.93. The van der Waals surface area contributed by atoms with Crippen LogP contribution in [0, 0.1) is 0 Å². The second-order valence-corrected chi connectivity index (χ2v) is 6.13. The van der Waals surface area contributed by atoms with Crippen molar-refractivity contribution in [2.24, 2.45) is 0 Å². The van der Waals surface area contributed by atoms with E-state index in [-0.39, 0.29) is 18.4 Å². The van der Waals surface area contributed by atoms with Gasteiger partial charge in [-0.05, 0) is 49.1 Å². The number of carbonyl (C=O) groups is 2. The number of aliphatic carboxylic acids is 1. The number of hydrogen-bond donors (Lipinski definition) is 1. The Morgan fingerprint density at radius 1 is 1.45 bits per heavy atom. The van der Waals surface area contributed by atoms with Crippen molar-refractivity contribution in [2.75, 3.05) is 6.54 Å². The van der Waals surface area contributed by atoms with Gasteiger partial charge in [-0.25, -0.2) is 0 Å². The van der Waals surface area contributed by atoms with Gasteiger partial charge in [0.05, 0.1) is 4.88 Å². The molecule has 1 amide bonds. The first-order chi connectivity index (χ1) is 9.63. The Hall–Kier alpha value is -1.36. The van der Waals surface area contributed by atoms with Gasteiger partial charge in [0.25, 0.3) is 5.91 Å². The Bertz CT molecular complexity index is 483. The topological polar surface area (TPSA) is 57.6 Å². The molecule has 1 N–H and O–H groups in total. The summed E-state index contributed by atoms with van der Waals surface area (Å²) in [6.07, 6.45) is 4.58. The summed E-state index contributed by atoms with van der Waals surface area (Å²) in [6.45, 7) is 2.81. The number of carboxylic acid groups (broad SMARTS) is 1. The number of amides is 1. The number of carboxylic acids is 1. The molecule has 1 fully saturated rings. The summed E-state index contributed by atoms with van der Waals surface area (Å²) in [5, 5.41) is 10.8. The highest BCUT2D eigenvalue weighted by molar-refractivity contribution is 7.12. The summed E-state index contributed by atoms with van der Waals surface area (Å²) in [5.41, 5.74) is 1.10. The van der Waals surface area contributed by atoms with Gasteiger partial charge in [-0.3, -0.25) is 9.59 Å². The molecule has 0 saturated carbocycles. The van der Waals surface area contributed by atoms with Gasteiger partial charge < -0.3 is 10.0 Å². The Morgan fingerprint density at radius 3 is 2.95 bits per heavy atom. The first kappa shape index (κ1) is 15.0. The lowest BCUT2D eigenvalue weighted by Crippen LogP contribution is -2.43. The summed E-state index contributed by atoms with van der Waals surface area (Å²) in [5.74, 6) is -0.694. The van der Waals surface area contributed by atoms with E-state index in [1.54, 1.807) is 0 Å². The molecule has 5 heteroatoms. The molecule has 0 bridgehead atoms. The van der Waals surface area contributed by atoms with E-state index in [1.807, 2.05) is 16.3 Å². The molecular weight excluding hydrogens is 274 g/mol. The summed E-state index contributed by atoms with van der Waals surface area (Å²) >= 11 is 1.49. The van der Waals surface area contributed by atoms with Crippen LogP contribution in [-0.4, -0.2) is 34.5 Å². The molecule has 1 saturated heterocycles. The first-order valence-corrected chi connectivity index (χ1v) is 8.10. The zero-order valence-electron chi connectivity index (χ0n) is 11.8. The van der Waals surface area contributed by atoms with Crippen LogP contribution in [0.25, 0.3) is 0 Å². The summed E-state index contributed by atoms with van der Waals surface area (Å²) in [4.78, 5) is 26.2. The molecule has 2 rings (SSSR count). The van der Waals surface area contributed by atoms with Gasteiger partial charge in [0.15, 0.2) is 0 Å². The predicted molar refractivity (Wildman–Crippen MR) is 79.2 cm³/mol. The van der Waals surface area contributed by atoms with Crippen LogP contribution in [0.15, 0.2) is 11.4 Å². The van der Waals surface area contributed by atoms with Gasteiger partial charge in [0.2, 0.25) is 0 Å². The third-order valence-corrected chi connectivity index (χ3v) is 4.85. The maximum absolute atomic E-state index is 12.7. The number of piperidine rings is 1. The smallest absolute Gasteiger partial charge is 0.303 e. The fourth-order valence-corrected chi connectivity index (χ4v) is 3.74. The van der Waals surface area contributed by atoms with Crippen molar-refractivity contribution >= 4 is 23.2 Å². The van der Waals surface area contributed by atoms with Gasteiger partial charge in [0.1, 0.15) is 0 Å². The van der Waals surface area contributed by atoms with Crippen molar-refractivity contribution in [3.05, 3.63) is 21.9 Å². The molecule has 1 aliphatic heterocycles. The van der Waals surface area contributed by atoms with Crippen molar-refractivity contribution in [3.8, 4) is 0 Å². The average molecular weight is 295 g/mol. The SMILES string of the molecule is CCc1ccsc1C(=O)N1CCCC[C@H]1CCC(=O)O. The Labute approximate surface area is 123 Å². The molecular formula is C15H21NO3S. The molecule has 0 radical (unpaired) electrons. The molecule has 0 aliphatic carbocycles. The summed E-state index contributed by atoms with van der Waals surface area (Å²) in [6, 6.07) is 2.09. The molecule has 2 heterocycles. The van der Waals surface area contributed by atoms with Gasteiger partial charge >= 0.3 is 5.97 Å². The monoisotopic (exact) mass is 295 g/mol. The van der Waals surface area contributed by atoms with Crippen LogP contribution in [-0.2, 0) is 11.2 Å².